The molecule has 3 rings (SSSR count). The molecule has 3 heteroatoms. The van der Waals surface area contributed by atoms with Crippen molar-refractivity contribution >= 4 is 11.8 Å². The maximum Gasteiger partial charge on any atom is 0.0543 e. The lowest BCUT2D eigenvalue weighted by Crippen LogP contribution is -2.32. The summed E-state index contributed by atoms with van der Waals surface area (Å²) in [5.74, 6) is 2.51. The fourth-order valence-electron chi connectivity index (χ4n) is 2.81. The Hall–Kier alpha value is -0.510. The SMILES string of the molecule is c1ccc2c(c1)SCC2COCC1CCCNC1. The zero-order valence-electron chi connectivity index (χ0n) is 10.7. The predicted molar refractivity (Wildman–Crippen MR) is 76.3 cm³/mol. The number of ether oxygens (including phenoxy) is 1. The van der Waals surface area contributed by atoms with E-state index in [0.717, 1.165) is 25.7 Å². The molecule has 1 aromatic rings. The molecule has 18 heavy (non-hydrogen) atoms. The van der Waals surface area contributed by atoms with E-state index < -0.39 is 0 Å². The normalized spacial score (nSPS) is 27.1. The van der Waals surface area contributed by atoms with E-state index in [1.165, 1.54) is 35.6 Å². The molecule has 0 radical (unpaired) electrons. The number of benzene rings is 1. The van der Waals surface area contributed by atoms with Gasteiger partial charge in [-0.05, 0) is 36.9 Å². The van der Waals surface area contributed by atoms with Crippen LogP contribution in [0, 0.1) is 5.92 Å². The first-order valence-corrected chi connectivity index (χ1v) is 7.92. The van der Waals surface area contributed by atoms with Gasteiger partial charge in [0.25, 0.3) is 0 Å². The lowest BCUT2D eigenvalue weighted by Gasteiger charge is -2.23. The molecular weight excluding hydrogens is 242 g/mol. The molecule has 2 aliphatic heterocycles. The van der Waals surface area contributed by atoms with Crippen LogP contribution in [0.5, 0.6) is 0 Å². The van der Waals surface area contributed by atoms with Crippen LogP contribution in [0.25, 0.3) is 0 Å². The third-order valence-corrected chi connectivity index (χ3v) is 5.12. The number of piperidine rings is 1. The second-order valence-corrected chi connectivity index (χ2v) is 6.36. The van der Waals surface area contributed by atoms with E-state index in [1.54, 1.807) is 0 Å². The molecule has 2 nitrogen and oxygen atoms in total. The van der Waals surface area contributed by atoms with Crippen molar-refractivity contribution in [2.75, 3.05) is 32.1 Å². The first-order chi connectivity index (χ1) is 8.93. The van der Waals surface area contributed by atoms with Crippen molar-refractivity contribution in [2.45, 2.75) is 23.7 Å². The third kappa shape index (κ3) is 2.90. The maximum absolute atomic E-state index is 5.96. The van der Waals surface area contributed by atoms with E-state index in [2.05, 4.69) is 29.6 Å². The Labute approximate surface area is 113 Å². The number of hydrogen-bond donors (Lipinski definition) is 1. The van der Waals surface area contributed by atoms with Crippen molar-refractivity contribution in [3.05, 3.63) is 29.8 Å². The fraction of sp³-hybridized carbons (Fsp3) is 0.600. The van der Waals surface area contributed by atoms with Crippen molar-refractivity contribution in [3.63, 3.8) is 0 Å². The van der Waals surface area contributed by atoms with Crippen LogP contribution in [0.1, 0.15) is 24.3 Å². The van der Waals surface area contributed by atoms with Crippen LogP contribution in [0.4, 0.5) is 0 Å². The van der Waals surface area contributed by atoms with Crippen LogP contribution in [0.3, 0.4) is 0 Å². The summed E-state index contributed by atoms with van der Waals surface area (Å²) in [5.41, 5.74) is 1.49. The number of nitrogens with one attached hydrogen (secondary N) is 1. The van der Waals surface area contributed by atoms with Gasteiger partial charge in [0.05, 0.1) is 13.2 Å². The Morgan fingerprint density at radius 2 is 2.22 bits per heavy atom. The zero-order chi connectivity index (χ0) is 12.2. The maximum atomic E-state index is 5.96. The molecule has 2 aliphatic rings. The minimum atomic E-state index is 0.600. The van der Waals surface area contributed by atoms with Crippen LogP contribution in [-0.4, -0.2) is 32.1 Å². The largest absolute Gasteiger partial charge is 0.380 e. The van der Waals surface area contributed by atoms with E-state index >= 15 is 0 Å². The van der Waals surface area contributed by atoms with Gasteiger partial charge in [0, 0.05) is 23.1 Å². The summed E-state index contributed by atoms with van der Waals surface area (Å²) >= 11 is 1.97. The van der Waals surface area contributed by atoms with Gasteiger partial charge in [-0.3, -0.25) is 0 Å². The fourth-order valence-corrected chi connectivity index (χ4v) is 4.04. The van der Waals surface area contributed by atoms with Gasteiger partial charge in [0.1, 0.15) is 0 Å². The molecule has 1 saturated heterocycles. The lowest BCUT2D eigenvalue weighted by molar-refractivity contribution is 0.0828. The molecule has 1 fully saturated rings. The van der Waals surface area contributed by atoms with Crippen LogP contribution in [0.2, 0.25) is 0 Å². The molecule has 0 amide bonds. The van der Waals surface area contributed by atoms with Crippen molar-refractivity contribution in [1.29, 1.82) is 0 Å². The summed E-state index contributed by atoms with van der Waals surface area (Å²) in [7, 11) is 0. The van der Waals surface area contributed by atoms with Gasteiger partial charge in [-0.1, -0.05) is 18.2 Å². The van der Waals surface area contributed by atoms with Gasteiger partial charge in [0.15, 0.2) is 0 Å². The highest BCUT2D eigenvalue weighted by atomic mass is 32.2. The van der Waals surface area contributed by atoms with Crippen molar-refractivity contribution in [2.24, 2.45) is 5.92 Å². The average molecular weight is 263 g/mol. The van der Waals surface area contributed by atoms with Gasteiger partial charge in [0.2, 0.25) is 0 Å². The molecule has 0 saturated carbocycles. The molecule has 0 bridgehead atoms. The highest BCUT2D eigenvalue weighted by Gasteiger charge is 2.23. The van der Waals surface area contributed by atoms with Crippen LogP contribution < -0.4 is 5.32 Å². The number of fused-ring (bicyclic) bond motifs is 1. The van der Waals surface area contributed by atoms with Crippen molar-refractivity contribution in [1.82, 2.24) is 5.32 Å². The first kappa shape index (κ1) is 12.5. The Balaban J connectivity index is 1.47. The van der Waals surface area contributed by atoms with E-state index in [1.807, 2.05) is 11.8 Å². The van der Waals surface area contributed by atoms with E-state index in [9.17, 15) is 0 Å². The van der Waals surface area contributed by atoms with Gasteiger partial charge >= 0.3 is 0 Å². The first-order valence-electron chi connectivity index (χ1n) is 6.93. The molecule has 1 N–H and O–H groups in total. The molecule has 0 aromatic heterocycles. The third-order valence-electron chi connectivity index (χ3n) is 3.87. The Morgan fingerprint density at radius 3 is 3.11 bits per heavy atom. The lowest BCUT2D eigenvalue weighted by atomic mass is 10.0. The monoisotopic (exact) mass is 263 g/mol. The molecule has 98 valence electrons. The smallest absolute Gasteiger partial charge is 0.0543 e. The van der Waals surface area contributed by atoms with Crippen LogP contribution in [0.15, 0.2) is 29.2 Å². The molecule has 1 aromatic carbocycles. The molecular formula is C15H21NOS. The highest BCUT2D eigenvalue weighted by Crippen LogP contribution is 2.39. The van der Waals surface area contributed by atoms with E-state index in [4.69, 9.17) is 4.74 Å². The van der Waals surface area contributed by atoms with E-state index in [0.29, 0.717) is 5.92 Å². The van der Waals surface area contributed by atoms with Crippen LogP contribution in [-0.2, 0) is 4.74 Å². The van der Waals surface area contributed by atoms with Gasteiger partial charge in [-0.2, -0.15) is 0 Å². The number of thioether (sulfide) groups is 1. The van der Waals surface area contributed by atoms with E-state index in [-0.39, 0.29) is 0 Å². The summed E-state index contributed by atoms with van der Waals surface area (Å²) in [5, 5.41) is 3.44. The predicted octanol–water partition coefficient (Wildman–Crippen LogP) is 2.89. The Morgan fingerprint density at radius 1 is 1.28 bits per heavy atom. The minimum absolute atomic E-state index is 0.600. The van der Waals surface area contributed by atoms with Gasteiger partial charge in [-0.25, -0.2) is 0 Å². The Kier molecular flexibility index (Phi) is 4.24. The van der Waals surface area contributed by atoms with Crippen molar-refractivity contribution < 1.29 is 4.74 Å². The summed E-state index contributed by atoms with van der Waals surface area (Å²) in [6.45, 7) is 4.13. The molecule has 2 heterocycles. The minimum Gasteiger partial charge on any atom is -0.380 e. The summed E-state index contributed by atoms with van der Waals surface area (Å²) < 4.78 is 5.96. The second kappa shape index (κ2) is 6.09. The second-order valence-electron chi connectivity index (χ2n) is 5.30. The van der Waals surface area contributed by atoms with Gasteiger partial charge in [-0.15, -0.1) is 11.8 Å². The number of rotatable bonds is 4. The van der Waals surface area contributed by atoms with Gasteiger partial charge < -0.3 is 10.1 Å². The number of hydrogen-bond acceptors (Lipinski definition) is 3. The summed E-state index contributed by atoms with van der Waals surface area (Å²) in [6, 6.07) is 8.75. The Bertz CT molecular complexity index is 390. The quantitative estimate of drug-likeness (QED) is 0.902. The zero-order valence-corrected chi connectivity index (χ0v) is 11.5. The molecule has 0 spiro atoms. The average Bonchev–Trinajstić information content (AvgIpc) is 2.84. The molecule has 2 atom stereocenters. The standard InChI is InChI=1S/C15H21NOS/c1-2-6-15-14(5-1)13(11-18-15)10-17-9-12-4-3-7-16-8-12/h1-2,5-6,12-13,16H,3-4,7-11H2. The molecule has 0 aliphatic carbocycles. The summed E-state index contributed by atoms with van der Waals surface area (Å²) in [4.78, 5) is 1.45. The van der Waals surface area contributed by atoms with Crippen molar-refractivity contribution in [3.8, 4) is 0 Å². The van der Waals surface area contributed by atoms with Crippen LogP contribution >= 0.6 is 11.8 Å². The summed E-state index contributed by atoms with van der Waals surface area (Å²) in [6.07, 6.45) is 2.62. The molecule has 2 unspecified atom stereocenters. The highest BCUT2D eigenvalue weighted by molar-refractivity contribution is 7.99. The topological polar surface area (TPSA) is 21.3 Å².